The third kappa shape index (κ3) is 4.75. The molecule has 1 aromatic rings. The van der Waals surface area contributed by atoms with Crippen LogP contribution in [0.1, 0.15) is 5.56 Å². The number of rotatable bonds is 6. The molecule has 0 bridgehead atoms. The number of benzene rings is 1. The molecule has 98 valence electrons. The summed E-state index contributed by atoms with van der Waals surface area (Å²) in [5.74, 6) is -1.33. The molecule has 0 saturated heterocycles. The van der Waals surface area contributed by atoms with Crippen molar-refractivity contribution < 1.29 is 13.6 Å². The normalized spacial score (nSPS) is 12.2. The molecule has 3 nitrogen and oxygen atoms in total. The molecule has 1 atom stereocenters. The third-order valence-electron chi connectivity index (χ3n) is 2.37. The maximum Gasteiger partial charge on any atom is 0.255 e. The Labute approximate surface area is 109 Å². The van der Waals surface area contributed by atoms with E-state index < -0.39 is 24.8 Å². The SMILES string of the molecule is NC(=S)C(Cc1ccccc1)C(=O)NCC(F)F. The van der Waals surface area contributed by atoms with E-state index in [1.165, 1.54) is 0 Å². The van der Waals surface area contributed by atoms with Gasteiger partial charge in [-0.2, -0.15) is 0 Å². The van der Waals surface area contributed by atoms with Crippen LogP contribution in [0.2, 0.25) is 0 Å². The molecule has 6 heteroatoms. The van der Waals surface area contributed by atoms with Crippen LogP contribution < -0.4 is 11.1 Å². The van der Waals surface area contributed by atoms with E-state index in [0.29, 0.717) is 6.42 Å². The molecule has 0 radical (unpaired) electrons. The van der Waals surface area contributed by atoms with Gasteiger partial charge in [0.1, 0.15) is 0 Å². The molecule has 1 aromatic carbocycles. The Morgan fingerprint density at radius 2 is 1.94 bits per heavy atom. The molecule has 0 heterocycles. The predicted octanol–water partition coefficient (Wildman–Crippen LogP) is 1.51. The zero-order chi connectivity index (χ0) is 13.5. The highest BCUT2D eigenvalue weighted by atomic mass is 32.1. The van der Waals surface area contributed by atoms with Crippen molar-refractivity contribution in [2.45, 2.75) is 12.8 Å². The summed E-state index contributed by atoms with van der Waals surface area (Å²) in [4.78, 5) is 11.7. The molecule has 0 spiro atoms. The van der Waals surface area contributed by atoms with Gasteiger partial charge in [0.05, 0.1) is 17.5 Å². The lowest BCUT2D eigenvalue weighted by Crippen LogP contribution is -2.40. The first-order valence-corrected chi connectivity index (χ1v) is 5.80. The van der Waals surface area contributed by atoms with Crippen molar-refractivity contribution in [2.24, 2.45) is 11.7 Å². The van der Waals surface area contributed by atoms with Gasteiger partial charge in [0.25, 0.3) is 6.43 Å². The number of carbonyl (C=O) groups is 1. The van der Waals surface area contributed by atoms with E-state index in [-0.39, 0.29) is 4.99 Å². The van der Waals surface area contributed by atoms with Gasteiger partial charge < -0.3 is 11.1 Å². The Hall–Kier alpha value is -1.56. The van der Waals surface area contributed by atoms with Crippen LogP contribution in [0, 0.1) is 5.92 Å². The Morgan fingerprint density at radius 1 is 1.33 bits per heavy atom. The molecule has 0 aliphatic heterocycles. The molecule has 1 unspecified atom stereocenters. The fourth-order valence-electron chi connectivity index (χ4n) is 1.47. The highest BCUT2D eigenvalue weighted by Crippen LogP contribution is 2.09. The maximum atomic E-state index is 12.0. The van der Waals surface area contributed by atoms with Crippen molar-refractivity contribution in [3.8, 4) is 0 Å². The molecule has 1 amide bonds. The zero-order valence-electron chi connectivity index (χ0n) is 9.61. The number of hydrogen-bond donors (Lipinski definition) is 2. The average molecular weight is 272 g/mol. The van der Waals surface area contributed by atoms with Gasteiger partial charge in [0, 0.05) is 0 Å². The number of halogens is 2. The summed E-state index contributed by atoms with van der Waals surface area (Å²) in [5, 5.41) is 2.13. The van der Waals surface area contributed by atoms with Crippen LogP contribution in [0.15, 0.2) is 30.3 Å². The van der Waals surface area contributed by atoms with E-state index in [4.69, 9.17) is 18.0 Å². The van der Waals surface area contributed by atoms with Gasteiger partial charge in [-0.3, -0.25) is 4.79 Å². The highest BCUT2D eigenvalue weighted by molar-refractivity contribution is 7.80. The summed E-state index contributed by atoms with van der Waals surface area (Å²) in [6.45, 7) is -0.688. The van der Waals surface area contributed by atoms with Crippen LogP contribution in [0.4, 0.5) is 8.78 Å². The molecule has 3 N–H and O–H groups in total. The van der Waals surface area contributed by atoms with Crippen molar-refractivity contribution in [3.05, 3.63) is 35.9 Å². The summed E-state index contributed by atoms with van der Waals surface area (Å²) in [7, 11) is 0. The standard InChI is InChI=1S/C12H14F2N2OS/c13-10(14)7-16-12(17)9(11(15)18)6-8-4-2-1-3-5-8/h1-5,9-10H,6-7H2,(H2,15,18)(H,16,17). The number of thiocarbonyl (C=S) groups is 1. The quantitative estimate of drug-likeness (QED) is 0.772. The van der Waals surface area contributed by atoms with Crippen molar-refractivity contribution in [3.63, 3.8) is 0 Å². The fraction of sp³-hybridized carbons (Fsp3) is 0.333. The highest BCUT2D eigenvalue weighted by Gasteiger charge is 2.22. The van der Waals surface area contributed by atoms with Crippen LogP contribution in [-0.2, 0) is 11.2 Å². The van der Waals surface area contributed by atoms with Gasteiger partial charge in [0.2, 0.25) is 5.91 Å². The van der Waals surface area contributed by atoms with Gasteiger partial charge >= 0.3 is 0 Å². The first-order valence-electron chi connectivity index (χ1n) is 5.39. The lowest BCUT2D eigenvalue weighted by atomic mass is 9.98. The summed E-state index contributed by atoms with van der Waals surface area (Å²) in [5.41, 5.74) is 6.35. The van der Waals surface area contributed by atoms with E-state index in [2.05, 4.69) is 5.32 Å². The fourth-order valence-corrected chi connectivity index (χ4v) is 1.66. The number of nitrogens with one attached hydrogen (secondary N) is 1. The summed E-state index contributed by atoms with van der Waals surface area (Å²) in [6, 6.07) is 9.14. The Morgan fingerprint density at radius 3 is 2.44 bits per heavy atom. The number of nitrogens with two attached hydrogens (primary N) is 1. The second-order valence-electron chi connectivity index (χ2n) is 3.78. The topological polar surface area (TPSA) is 55.1 Å². The van der Waals surface area contributed by atoms with E-state index in [1.807, 2.05) is 30.3 Å². The molecule has 0 saturated carbocycles. The molecule has 0 fully saturated rings. The van der Waals surface area contributed by atoms with Crippen LogP contribution in [0.25, 0.3) is 0 Å². The lowest BCUT2D eigenvalue weighted by Gasteiger charge is -2.15. The third-order valence-corrected chi connectivity index (χ3v) is 2.66. The summed E-state index contributed by atoms with van der Waals surface area (Å²) < 4.78 is 24.0. The van der Waals surface area contributed by atoms with Crippen LogP contribution in [0.5, 0.6) is 0 Å². The average Bonchev–Trinajstić information content (AvgIpc) is 2.34. The van der Waals surface area contributed by atoms with E-state index in [0.717, 1.165) is 5.56 Å². The first kappa shape index (κ1) is 14.5. The Bertz CT molecular complexity index is 412. The predicted molar refractivity (Wildman–Crippen MR) is 69.4 cm³/mol. The van der Waals surface area contributed by atoms with Gasteiger partial charge in [-0.25, -0.2) is 8.78 Å². The van der Waals surface area contributed by atoms with Crippen LogP contribution >= 0.6 is 12.2 Å². The second-order valence-corrected chi connectivity index (χ2v) is 4.25. The maximum absolute atomic E-state index is 12.0. The number of amides is 1. The largest absolute Gasteiger partial charge is 0.393 e. The van der Waals surface area contributed by atoms with E-state index in [1.54, 1.807) is 0 Å². The minimum Gasteiger partial charge on any atom is -0.393 e. The second kappa shape index (κ2) is 7.00. The van der Waals surface area contributed by atoms with Crippen molar-refractivity contribution in [1.29, 1.82) is 0 Å². The lowest BCUT2D eigenvalue weighted by molar-refractivity contribution is -0.123. The minimum absolute atomic E-state index is 0.00520. The van der Waals surface area contributed by atoms with E-state index in [9.17, 15) is 13.6 Å². The summed E-state index contributed by atoms with van der Waals surface area (Å²) in [6.07, 6.45) is -2.27. The molecule has 18 heavy (non-hydrogen) atoms. The molecule has 0 aliphatic carbocycles. The number of carbonyl (C=O) groups excluding carboxylic acids is 1. The smallest absolute Gasteiger partial charge is 0.255 e. The molecular formula is C12H14F2N2OS. The van der Waals surface area contributed by atoms with Gasteiger partial charge in [-0.15, -0.1) is 0 Å². The van der Waals surface area contributed by atoms with Crippen molar-refractivity contribution in [2.75, 3.05) is 6.54 Å². The van der Waals surface area contributed by atoms with Gasteiger partial charge in [-0.05, 0) is 12.0 Å². The molecular weight excluding hydrogens is 258 g/mol. The molecule has 0 aromatic heterocycles. The Kier molecular flexibility index (Phi) is 5.64. The van der Waals surface area contributed by atoms with Gasteiger partial charge in [-0.1, -0.05) is 42.5 Å². The minimum atomic E-state index is -2.59. The summed E-state index contributed by atoms with van der Waals surface area (Å²) >= 11 is 4.80. The zero-order valence-corrected chi connectivity index (χ0v) is 10.4. The monoisotopic (exact) mass is 272 g/mol. The van der Waals surface area contributed by atoms with E-state index >= 15 is 0 Å². The number of hydrogen-bond acceptors (Lipinski definition) is 2. The Balaban J connectivity index is 2.65. The molecule has 1 rings (SSSR count). The van der Waals surface area contributed by atoms with Gasteiger partial charge in [0.15, 0.2) is 0 Å². The van der Waals surface area contributed by atoms with Crippen LogP contribution in [0.3, 0.4) is 0 Å². The van der Waals surface area contributed by atoms with Crippen molar-refractivity contribution in [1.82, 2.24) is 5.32 Å². The molecule has 0 aliphatic rings. The first-order chi connectivity index (χ1) is 8.50. The van der Waals surface area contributed by atoms with Crippen LogP contribution in [-0.4, -0.2) is 23.9 Å². The van der Waals surface area contributed by atoms with Crippen molar-refractivity contribution >= 4 is 23.1 Å². The number of alkyl halides is 2.